The lowest BCUT2D eigenvalue weighted by Crippen LogP contribution is -2.15. The van der Waals surface area contributed by atoms with Crippen molar-refractivity contribution >= 4 is 29.3 Å². The van der Waals surface area contributed by atoms with Crippen molar-refractivity contribution in [2.24, 2.45) is 7.05 Å². The Kier molecular flexibility index (Phi) is 6.10. The first-order valence-electron chi connectivity index (χ1n) is 8.55. The Bertz CT molecular complexity index is 999. The number of hydrogen-bond acceptors (Lipinski definition) is 6. The first kappa shape index (κ1) is 19.6. The van der Waals surface area contributed by atoms with Crippen LogP contribution in [-0.2, 0) is 16.6 Å². The normalized spacial score (nSPS) is 10.5. The summed E-state index contributed by atoms with van der Waals surface area (Å²) in [6.45, 7) is 2.03. The van der Waals surface area contributed by atoms with Gasteiger partial charge in [-0.25, -0.2) is 4.79 Å². The molecular weight excluding hydrogens is 376 g/mol. The molecule has 2 aromatic carbocycles. The molecule has 1 amide bonds. The van der Waals surface area contributed by atoms with E-state index in [-0.39, 0.29) is 11.7 Å². The van der Waals surface area contributed by atoms with Crippen LogP contribution < -0.4 is 5.32 Å². The molecule has 3 aromatic rings. The molecule has 1 aromatic heterocycles. The SMILES string of the molecule is COC(=O)c1cccc(NC(=O)CSc2nnc(-c3ccc(C)cc3)n2C)c1. The zero-order valence-electron chi connectivity index (χ0n) is 15.8. The molecule has 0 unspecified atom stereocenters. The molecule has 0 bridgehead atoms. The van der Waals surface area contributed by atoms with Crippen LogP contribution >= 0.6 is 11.8 Å². The van der Waals surface area contributed by atoms with Gasteiger partial charge in [0.2, 0.25) is 5.91 Å². The van der Waals surface area contributed by atoms with Crippen LogP contribution in [0.2, 0.25) is 0 Å². The van der Waals surface area contributed by atoms with E-state index in [4.69, 9.17) is 0 Å². The second-order valence-corrected chi connectivity index (χ2v) is 7.08. The first-order valence-corrected chi connectivity index (χ1v) is 9.54. The minimum absolute atomic E-state index is 0.169. The standard InChI is InChI=1S/C20H20N4O3S/c1-13-7-9-14(10-8-13)18-22-23-20(24(18)2)28-12-17(25)21-16-6-4-5-15(11-16)19(26)27-3/h4-11H,12H2,1-3H3,(H,21,25). The summed E-state index contributed by atoms with van der Waals surface area (Å²) in [5.41, 5.74) is 3.06. The van der Waals surface area contributed by atoms with Crippen LogP contribution in [-0.4, -0.2) is 39.5 Å². The molecule has 0 aliphatic heterocycles. The molecule has 7 nitrogen and oxygen atoms in total. The van der Waals surface area contributed by atoms with Crippen molar-refractivity contribution in [1.82, 2.24) is 14.8 Å². The summed E-state index contributed by atoms with van der Waals surface area (Å²) in [7, 11) is 3.19. The molecular formula is C20H20N4O3S. The van der Waals surface area contributed by atoms with Crippen molar-refractivity contribution in [3.63, 3.8) is 0 Å². The molecule has 0 atom stereocenters. The highest BCUT2D eigenvalue weighted by atomic mass is 32.2. The predicted octanol–water partition coefficient (Wildman–Crippen LogP) is 3.31. The third kappa shape index (κ3) is 4.58. The molecule has 0 fully saturated rings. The van der Waals surface area contributed by atoms with Gasteiger partial charge in [-0.05, 0) is 25.1 Å². The zero-order valence-corrected chi connectivity index (χ0v) is 16.6. The summed E-state index contributed by atoms with van der Waals surface area (Å²) in [5.74, 6) is 0.260. The van der Waals surface area contributed by atoms with Crippen LogP contribution in [0.1, 0.15) is 15.9 Å². The molecule has 0 aliphatic rings. The van der Waals surface area contributed by atoms with E-state index < -0.39 is 5.97 Å². The van der Waals surface area contributed by atoms with Crippen molar-refractivity contribution in [2.75, 3.05) is 18.2 Å². The molecule has 0 saturated carbocycles. The second-order valence-electron chi connectivity index (χ2n) is 6.14. The van der Waals surface area contributed by atoms with E-state index in [2.05, 4.69) is 20.3 Å². The maximum absolute atomic E-state index is 12.3. The Labute approximate surface area is 167 Å². The lowest BCUT2D eigenvalue weighted by atomic mass is 10.1. The van der Waals surface area contributed by atoms with E-state index in [0.717, 1.165) is 11.4 Å². The Morgan fingerprint density at radius 3 is 2.61 bits per heavy atom. The lowest BCUT2D eigenvalue weighted by molar-refractivity contribution is -0.113. The Morgan fingerprint density at radius 1 is 1.14 bits per heavy atom. The molecule has 3 rings (SSSR count). The maximum Gasteiger partial charge on any atom is 0.337 e. The summed E-state index contributed by atoms with van der Waals surface area (Å²) in [6, 6.07) is 14.6. The van der Waals surface area contributed by atoms with Gasteiger partial charge in [0.15, 0.2) is 11.0 Å². The van der Waals surface area contributed by atoms with Crippen LogP contribution in [0.4, 0.5) is 5.69 Å². The number of amides is 1. The van der Waals surface area contributed by atoms with Crippen LogP contribution in [0.3, 0.4) is 0 Å². The maximum atomic E-state index is 12.3. The van der Waals surface area contributed by atoms with Crippen molar-refractivity contribution in [2.45, 2.75) is 12.1 Å². The highest BCUT2D eigenvalue weighted by Crippen LogP contribution is 2.23. The molecule has 0 aliphatic carbocycles. The summed E-state index contributed by atoms with van der Waals surface area (Å²) in [4.78, 5) is 23.8. The largest absolute Gasteiger partial charge is 0.465 e. The number of carbonyl (C=O) groups is 2. The van der Waals surface area contributed by atoms with E-state index in [9.17, 15) is 9.59 Å². The van der Waals surface area contributed by atoms with Crippen LogP contribution in [0.25, 0.3) is 11.4 Å². The average Bonchev–Trinajstić information content (AvgIpc) is 3.07. The van der Waals surface area contributed by atoms with Crippen molar-refractivity contribution in [3.05, 3.63) is 59.7 Å². The summed E-state index contributed by atoms with van der Waals surface area (Å²) in [5, 5.41) is 11.8. The summed E-state index contributed by atoms with van der Waals surface area (Å²) >= 11 is 1.29. The number of carbonyl (C=O) groups excluding carboxylic acids is 2. The third-order valence-electron chi connectivity index (χ3n) is 4.04. The number of nitrogens with one attached hydrogen (secondary N) is 1. The number of rotatable bonds is 6. The number of anilines is 1. The van der Waals surface area contributed by atoms with Crippen LogP contribution in [0.5, 0.6) is 0 Å². The molecule has 144 valence electrons. The molecule has 0 spiro atoms. The first-order chi connectivity index (χ1) is 13.5. The number of methoxy groups -OCH3 is 1. The van der Waals surface area contributed by atoms with E-state index in [1.54, 1.807) is 24.3 Å². The molecule has 0 radical (unpaired) electrons. The van der Waals surface area contributed by atoms with Gasteiger partial charge in [0.1, 0.15) is 0 Å². The van der Waals surface area contributed by atoms with Gasteiger partial charge in [-0.3, -0.25) is 4.79 Å². The van der Waals surface area contributed by atoms with Crippen molar-refractivity contribution in [3.8, 4) is 11.4 Å². The van der Waals surface area contributed by atoms with Gasteiger partial charge in [-0.1, -0.05) is 47.7 Å². The zero-order chi connectivity index (χ0) is 20.1. The third-order valence-corrected chi connectivity index (χ3v) is 5.06. The van der Waals surface area contributed by atoms with Crippen LogP contribution in [0, 0.1) is 6.92 Å². The summed E-state index contributed by atoms with van der Waals surface area (Å²) < 4.78 is 6.55. The number of ether oxygens (including phenoxy) is 1. The lowest BCUT2D eigenvalue weighted by Gasteiger charge is -2.07. The van der Waals surface area contributed by atoms with Gasteiger partial charge in [-0.2, -0.15) is 0 Å². The van der Waals surface area contributed by atoms with E-state index >= 15 is 0 Å². The fraction of sp³-hybridized carbons (Fsp3) is 0.200. The van der Waals surface area contributed by atoms with Gasteiger partial charge < -0.3 is 14.6 Å². The van der Waals surface area contributed by atoms with Gasteiger partial charge in [-0.15, -0.1) is 10.2 Å². The van der Waals surface area contributed by atoms with Crippen molar-refractivity contribution in [1.29, 1.82) is 0 Å². The highest BCUT2D eigenvalue weighted by molar-refractivity contribution is 7.99. The molecule has 28 heavy (non-hydrogen) atoms. The quantitative estimate of drug-likeness (QED) is 0.508. The fourth-order valence-electron chi connectivity index (χ4n) is 2.56. The monoisotopic (exact) mass is 396 g/mol. The molecule has 0 saturated heterocycles. The predicted molar refractivity (Wildman–Crippen MR) is 108 cm³/mol. The number of hydrogen-bond donors (Lipinski definition) is 1. The Balaban J connectivity index is 1.62. The topological polar surface area (TPSA) is 86.1 Å². The van der Waals surface area contributed by atoms with Gasteiger partial charge in [0, 0.05) is 18.3 Å². The van der Waals surface area contributed by atoms with Crippen LogP contribution in [0.15, 0.2) is 53.7 Å². The van der Waals surface area contributed by atoms with Gasteiger partial charge >= 0.3 is 5.97 Å². The van der Waals surface area contributed by atoms with E-state index in [0.29, 0.717) is 16.4 Å². The average molecular weight is 396 g/mol. The minimum Gasteiger partial charge on any atom is -0.465 e. The van der Waals surface area contributed by atoms with Gasteiger partial charge in [0.25, 0.3) is 0 Å². The summed E-state index contributed by atoms with van der Waals surface area (Å²) in [6.07, 6.45) is 0. The van der Waals surface area contributed by atoms with E-state index in [1.165, 1.54) is 24.4 Å². The highest BCUT2D eigenvalue weighted by Gasteiger charge is 2.13. The number of thioether (sulfide) groups is 1. The smallest absolute Gasteiger partial charge is 0.337 e. The van der Waals surface area contributed by atoms with Gasteiger partial charge in [0.05, 0.1) is 18.4 Å². The molecule has 1 heterocycles. The van der Waals surface area contributed by atoms with E-state index in [1.807, 2.05) is 42.8 Å². The Hall–Kier alpha value is -3.13. The number of aromatic nitrogens is 3. The molecule has 8 heteroatoms. The number of nitrogens with zero attached hydrogens (tertiary/aromatic N) is 3. The fourth-order valence-corrected chi connectivity index (χ4v) is 3.27. The molecule has 1 N–H and O–H groups in total. The van der Waals surface area contributed by atoms with Crippen molar-refractivity contribution < 1.29 is 14.3 Å². The number of aryl methyl sites for hydroxylation is 1. The minimum atomic E-state index is -0.451. The second kappa shape index (κ2) is 8.71. The number of esters is 1. The number of benzene rings is 2. The Morgan fingerprint density at radius 2 is 1.89 bits per heavy atom.